The average Bonchev–Trinajstić information content (AvgIpc) is 2.84. The van der Waals surface area contributed by atoms with Gasteiger partial charge < -0.3 is 5.32 Å². The molecule has 1 nitrogen and oxygen atoms in total. The van der Waals surface area contributed by atoms with Gasteiger partial charge in [-0.1, -0.05) is 36.8 Å². The summed E-state index contributed by atoms with van der Waals surface area (Å²) in [5.41, 5.74) is 2.81. The van der Waals surface area contributed by atoms with Gasteiger partial charge in [0.2, 0.25) is 0 Å². The zero-order valence-corrected chi connectivity index (χ0v) is 15.3. The Bertz CT molecular complexity index is 550. The fourth-order valence-corrected chi connectivity index (χ4v) is 4.22. The molecule has 0 aliphatic carbocycles. The van der Waals surface area contributed by atoms with E-state index in [1.165, 1.54) is 26.2 Å². The number of hydrogen-bond acceptors (Lipinski definition) is 2. The van der Waals surface area contributed by atoms with Crippen LogP contribution in [0.5, 0.6) is 0 Å². The molecule has 1 aromatic carbocycles. The summed E-state index contributed by atoms with van der Waals surface area (Å²) in [4.78, 5) is 1.47. The first-order chi connectivity index (χ1) is 10.2. The van der Waals surface area contributed by atoms with Crippen molar-refractivity contribution in [3.05, 3.63) is 56.2 Å². The minimum Gasteiger partial charge on any atom is -0.316 e. The fourth-order valence-electron chi connectivity index (χ4n) is 2.62. The van der Waals surface area contributed by atoms with Crippen molar-refractivity contribution in [2.24, 2.45) is 5.92 Å². The predicted molar refractivity (Wildman–Crippen MR) is 97.3 cm³/mol. The van der Waals surface area contributed by atoms with Crippen molar-refractivity contribution in [1.82, 2.24) is 5.32 Å². The molecule has 21 heavy (non-hydrogen) atoms. The molecule has 114 valence electrons. The lowest BCUT2D eigenvalue weighted by Crippen LogP contribution is -2.26. The maximum atomic E-state index is 3.59. The summed E-state index contributed by atoms with van der Waals surface area (Å²) >= 11 is 5.42. The van der Waals surface area contributed by atoms with E-state index >= 15 is 0 Å². The Morgan fingerprint density at radius 1 is 1.19 bits per heavy atom. The molecule has 1 atom stereocenters. The van der Waals surface area contributed by atoms with E-state index in [-0.39, 0.29) is 0 Å². The smallest absolute Gasteiger partial charge is 0.0701 e. The molecule has 0 saturated heterocycles. The minimum atomic E-state index is 0.656. The lowest BCUT2D eigenvalue weighted by atomic mass is 9.94. The van der Waals surface area contributed by atoms with Gasteiger partial charge in [0.05, 0.1) is 3.79 Å². The molecule has 0 bridgehead atoms. The summed E-state index contributed by atoms with van der Waals surface area (Å²) < 4.78 is 1.23. The van der Waals surface area contributed by atoms with Crippen LogP contribution < -0.4 is 5.32 Å². The van der Waals surface area contributed by atoms with E-state index in [1.54, 1.807) is 0 Å². The Kier molecular flexibility index (Phi) is 6.94. The van der Waals surface area contributed by atoms with Gasteiger partial charge in [0.25, 0.3) is 0 Å². The third-order valence-corrected chi connectivity index (χ3v) is 5.23. The fraction of sp³-hybridized carbons (Fsp3) is 0.444. The highest BCUT2D eigenvalue weighted by molar-refractivity contribution is 9.11. The SMILES string of the molecule is CCCNCC(Cc1cccc(C)c1)Cc1ccc(Br)s1. The molecule has 1 heterocycles. The molecular formula is C18H24BrNS. The molecule has 0 amide bonds. The van der Waals surface area contributed by atoms with Crippen molar-refractivity contribution < 1.29 is 0 Å². The molecule has 3 heteroatoms. The van der Waals surface area contributed by atoms with Gasteiger partial charge in [0, 0.05) is 4.88 Å². The number of halogens is 1. The van der Waals surface area contributed by atoms with Gasteiger partial charge in [-0.15, -0.1) is 11.3 Å². The van der Waals surface area contributed by atoms with Gasteiger partial charge >= 0.3 is 0 Å². The largest absolute Gasteiger partial charge is 0.316 e. The minimum absolute atomic E-state index is 0.656. The first-order valence-corrected chi connectivity index (χ1v) is 9.28. The van der Waals surface area contributed by atoms with Crippen LogP contribution in [0.2, 0.25) is 0 Å². The lowest BCUT2D eigenvalue weighted by Gasteiger charge is -2.17. The van der Waals surface area contributed by atoms with E-state index in [0.717, 1.165) is 25.9 Å². The number of nitrogens with one attached hydrogen (secondary N) is 1. The van der Waals surface area contributed by atoms with Crippen molar-refractivity contribution in [1.29, 1.82) is 0 Å². The standard InChI is InChI=1S/C18H24BrNS/c1-3-9-20-13-16(12-17-7-8-18(19)21-17)11-15-6-4-5-14(2)10-15/h4-8,10,16,20H,3,9,11-13H2,1-2H3. The number of aryl methyl sites for hydroxylation is 1. The zero-order chi connectivity index (χ0) is 15.1. The van der Waals surface area contributed by atoms with Crippen LogP contribution in [0.1, 0.15) is 29.3 Å². The van der Waals surface area contributed by atoms with Crippen molar-refractivity contribution in [2.75, 3.05) is 13.1 Å². The van der Waals surface area contributed by atoms with Gasteiger partial charge in [-0.2, -0.15) is 0 Å². The average molecular weight is 366 g/mol. The molecule has 2 rings (SSSR count). The van der Waals surface area contributed by atoms with E-state index in [9.17, 15) is 0 Å². The quantitative estimate of drug-likeness (QED) is 0.632. The molecule has 0 fully saturated rings. The Morgan fingerprint density at radius 3 is 2.71 bits per heavy atom. The maximum Gasteiger partial charge on any atom is 0.0701 e. The van der Waals surface area contributed by atoms with E-state index in [4.69, 9.17) is 0 Å². The highest BCUT2D eigenvalue weighted by Gasteiger charge is 2.12. The highest BCUT2D eigenvalue weighted by atomic mass is 79.9. The number of benzene rings is 1. The zero-order valence-electron chi connectivity index (χ0n) is 12.9. The van der Waals surface area contributed by atoms with Gasteiger partial charge in [-0.25, -0.2) is 0 Å². The Balaban J connectivity index is 2.00. The lowest BCUT2D eigenvalue weighted by molar-refractivity contribution is 0.473. The highest BCUT2D eigenvalue weighted by Crippen LogP contribution is 2.25. The van der Waals surface area contributed by atoms with E-state index in [1.807, 2.05) is 11.3 Å². The van der Waals surface area contributed by atoms with Crippen LogP contribution in [0.3, 0.4) is 0 Å². The van der Waals surface area contributed by atoms with Crippen LogP contribution in [-0.4, -0.2) is 13.1 Å². The molecule has 1 aromatic heterocycles. The Morgan fingerprint density at radius 2 is 2.05 bits per heavy atom. The van der Waals surface area contributed by atoms with Gasteiger partial charge in [-0.05, 0) is 78.8 Å². The molecule has 0 saturated carbocycles. The summed E-state index contributed by atoms with van der Waals surface area (Å²) in [5, 5.41) is 3.59. The van der Waals surface area contributed by atoms with E-state index in [0.29, 0.717) is 5.92 Å². The molecular weight excluding hydrogens is 342 g/mol. The van der Waals surface area contributed by atoms with Crippen molar-refractivity contribution >= 4 is 27.3 Å². The van der Waals surface area contributed by atoms with Crippen molar-refractivity contribution in [3.8, 4) is 0 Å². The second-order valence-electron chi connectivity index (χ2n) is 5.67. The van der Waals surface area contributed by atoms with Crippen LogP contribution >= 0.6 is 27.3 Å². The normalized spacial score (nSPS) is 12.5. The van der Waals surface area contributed by atoms with Crippen LogP contribution in [0.15, 0.2) is 40.2 Å². The van der Waals surface area contributed by atoms with Crippen LogP contribution in [0.4, 0.5) is 0 Å². The molecule has 0 spiro atoms. The maximum absolute atomic E-state index is 3.59. The third-order valence-electron chi connectivity index (χ3n) is 3.59. The second-order valence-corrected chi connectivity index (χ2v) is 8.22. The summed E-state index contributed by atoms with van der Waals surface area (Å²) in [6.07, 6.45) is 3.50. The number of rotatable bonds is 8. The van der Waals surface area contributed by atoms with E-state index in [2.05, 4.69) is 71.5 Å². The van der Waals surface area contributed by atoms with Crippen molar-refractivity contribution in [3.63, 3.8) is 0 Å². The molecule has 2 aromatic rings. The van der Waals surface area contributed by atoms with Gasteiger partial charge in [-0.3, -0.25) is 0 Å². The molecule has 0 aliphatic heterocycles. The van der Waals surface area contributed by atoms with Crippen LogP contribution in [0.25, 0.3) is 0 Å². The van der Waals surface area contributed by atoms with Crippen LogP contribution in [-0.2, 0) is 12.8 Å². The van der Waals surface area contributed by atoms with Gasteiger partial charge in [0.15, 0.2) is 0 Å². The third kappa shape index (κ3) is 5.93. The molecule has 1 N–H and O–H groups in total. The Labute approximate surface area is 140 Å². The first-order valence-electron chi connectivity index (χ1n) is 7.68. The number of thiophene rings is 1. The van der Waals surface area contributed by atoms with E-state index < -0.39 is 0 Å². The molecule has 0 aliphatic rings. The van der Waals surface area contributed by atoms with Gasteiger partial charge in [0.1, 0.15) is 0 Å². The van der Waals surface area contributed by atoms with Crippen LogP contribution in [0, 0.1) is 12.8 Å². The number of hydrogen-bond donors (Lipinski definition) is 1. The molecule has 1 unspecified atom stereocenters. The summed E-state index contributed by atoms with van der Waals surface area (Å²) in [7, 11) is 0. The Hall–Kier alpha value is -0.640. The first kappa shape index (κ1) is 16.7. The molecule has 0 radical (unpaired) electrons. The predicted octanol–water partition coefficient (Wildman–Crippen LogP) is 5.22. The summed E-state index contributed by atoms with van der Waals surface area (Å²) in [5.74, 6) is 0.656. The monoisotopic (exact) mass is 365 g/mol. The summed E-state index contributed by atoms with van der Waals surface area (Å²) in [6.45, 7) is 6.60. The van der Waals surface area contributed by atoms with Crippen molar-refractivity contribution in [2.45, 2.75) is 33.1 Å². The second kappa shape index (κ2) is 8.72. The summed E-state index contributed by atoms with van der Waals surface area (Å²) in [6, 6.07) is 13.3. The topological polar surface area (TPSA) is 12.0 Å².